The Labute approximate surface area is 98.2 Å². The van der Waals surface area contributed by atoms with Gasteiger partial charge in [0.1, 0.15) is 0 Å². The van der Waals surface area contributed by atoms with Crippen molar-refractivity contribution in [3.05, 3.63) is 11.4 Å². The molecule has 0 radical (unpaired) electrons. The summed E-state index contributed by atoms with van der Waals surface area (Å²) >= 11 is 0. The molecule has 1 aliphatic rings. The summed E-state index contributed by atoms with van der Waals surface area (Å²) in [7, 11) is 2.01. The van der Waals surface area contributed by atoms with Crippen LogP contribution in [-0.2, 0) is 19.9 Å². The van der Waals surface area contributed by atoms with Gasteiger partial charge in [-0.05, 0) is 36.5 Å². The second-order valence-electron chi connectivity index (χ2n) is 6.79. The third-order valence-corrected chi connectivity index (χ3v) is 3.67. The average molecular weight is 221 g/mol. The molecule has 0 aromatic carbocycles. The number of hydrogen-bond acceptors (Lipinski definition) is 2. The largest absolute Gasteiger partial charge is 0.252 e. The highest BCUT2D eigenvalue weighted by Gasteiger charge is 2.33. The molecular weight excluding hydrogens is 198 g/mol. The van der Waals surface area contributed by atoms with Gasteiger partial charge in [-0.1, -0.05) is 32.9 Å². The molecule has 90 valence electrons. The fraction of sp³-hybridized carbons (Fsp3) is 0.846. The van der Waals surface area contributed by atoms with Crippen LogP contribution in [-0.4, -0.2) is 15.0 Å². The first-order valence-electron chi connectivity index (χ1n) is 6.17. The molecule has 0 amide bonds. The topological polar surface area (TPSA) is 30.7 Å². The van der Waals surface area contributed by atoms with Gasteiger partial charge in [-0.3, -0.25) is 4.68 Å². The molecule has 3 nitrogen and oxygen atoms in total. The summed E-state index contributed by atoms with van der Waals surface area (Å²) in [4.78, 5) is 0. The summed E-state index contributed by atoms with van der Waals surface area (Å²) in [5, 5.41) is 8.48. The quantitative estimate of drug-likeness (QED) is 0.674. The summed E-state index contributed by atoms with van der Waals surface area (Å²) in [6, 6.07) is 0. The average Bonchev–Trinajstić information content (AvgIpc) is 2.39. The zero-order chi connectivity index (χ0) is 12.0. The molecule has 0 bridgehead atoms. The van der Waals surface area contributed by atoms with Crippen molar-refractivity contribution in [2.45, 2.75) is 53.4 Å². The lowest BCUT2D eigenvalue weighted by atomic mass is 9.69. The lowest BCUT2D eigenvalue weighted by Gasteiger charge is -2.36. The van der Waals surface area contributed by atoms with Gasteiger partial charge >= 0.3 is 0 Å². The predicted molar refractivity (Wildman–Crippen MR) is 65.2 cm³/mol. The molecule has 16 heavy (non-hydrogen) atoms. The van der Waals surface area contributed by atoms with Crippen molar-refractivity contribution in [3.8, 4) is 0 Å². The maximum Gasteiger partial charge on any atom is 0.0864 e. The molecule has 1 aromatic rings. The van der Waals surface area contributed by atoms with E-state index in [1.54, 1.807) is 0 Å². The molecule has 0 spiro atoms. The van der Waals surface area contributed by atoms with Crippen LogP contribution in [0.25, 0.3) is 0 Å². The van der Waals surface area contributed by atoms with Gasteiger partial charge in [-0.25, -0.2) is 0 Å². The predicted octanol–water partition coefficient (Wildman–Crippen LogP) is 2.75. The molecule has 1 aromatic heterocycles. The minimum Gasteiger partial charge on any atom is -0.252 e. The molecule has 1 heterocycles. The highest BCUT2D eigenvalue weighted by Crippen LogP contribution is 2.41. The van der Waals surface area contributed by atoms with Crippen LogP contribution in [0, 0.1) is 10.8 Å². The van der Waals surface area contributed by atoms with Gasteiger partial charge in [0, 0.05) is 7.05 Å². The molecule has 0 aliphatic heterocycles. The van der Waals surface area contributed by atoms with E-state index in [-0.39, 0.29) is 0 Å². The molecule has 1 aliphatic carbocycles. The van der Waals surface area contributed by atoms with Crippen molar-refractivity contribution < 1.29 is 0 Å². The lowest BCUT2D eigenvalue weighted by molar-refractivity contribution is 0.173. The van der Waals surface area contributed by atoms with Crippen LogP contribution in [0.3, 0.4) is 0 Å². The number of nitrogens with zero attached hydrogens (tertiary/aromatic N) is 3. The minimum atomic E-state index is 0.328. The van der Waals surface area contributed by atoms with Gasteiger partial charge in [0.25, 0.3) is 0 Å². The van der Waals surface area contributed by atoms with Gasteiger partial charge in [0.05, 0.1) is 11.4 Å². The molecule has 2 rings (SSSR count). The lowest BCUT2D eigenvalue weighted by Crippen LogP contribution is -2.28. The minimum absolute atomic E-state index is 0.328. The van der Waals surface area contributed by atoms with Gasteiger partial charge in [-0.15, -0.1) is 5.10 Å². The van der Waals surface area contributed by atoms with Gasteiger partial charge in [0.2, 0.25) is 0 Å². The Balaban J connectivity index is 2.37. The smallest absolute Gasteiger partial charge is 0.0864 e. The van der Waals surface area contributed by atoms with E-state index in [9.17, 15) is 0 Å². The third kappa shape index (κ3) is 2.28. The number of hydrogen-bond donors (Lipinski definition) is 0. The highest BCUT2D eigenvalue weighted by atomic mass is 15.4. The number of aromatic nitrogens is 3. The first-order valence-corrected chi connectivity index (χ1v) is 6.17. The Kier molecular flexibility index (Phi) is 2.59. The van der Waals surface area contributed by atoms with Crippen LogP contribution in [0.4, 0.5) is 0 Å². The SMILES string of the molecule is Cn1nnc2c1CCC(C)(C)CC(C)(C)C2. The Morgan fingerprint density at radius 1 is 1.12 bits per heavy atom. The Morgan fingerprint density at radius 2 is 1.81 bits per heavy atom. The first kappa shape index (κ1) is 11.6. The normalized spacial score (nSPS) is 23.3. The summed E-state index contributed by atoms with van der Waals surface area (Å²) in [5.74, 6) is 0. The Bertz CT molecular complexity index is 388. The van der Waals surface area contributed by atoms with Crippen molar-refractivity contribution in [1.29, 1.82) is 0 Å². The van der Waals surface area contributed by atoms with Crippen LogP contribution < -0.4 is 0 Å². The van der Waals surface area contributed by atoms with Crippen molar-refractivity contribution in [1.82, 2.24) is 15.0 Å². The van der Waals surface area contributed by atoms with Crippen molar-refractivity contribution in [2.24, 2.45) is 17.9 Å². The van der Waals surface area contributed by atoms with Crippen LogP contribution in [0.1, 0.15) is 51.9 Å². The number of rotatable bonds is 0. The zero-order valence-corrected chi connectivity index (χ0v) is 11.2. The van der Waals surface area contributed by atoms with E-state index in [0.29, 0.717) is 10.8 Å². The maximum atomic E-state index is 4.31. The van der Waals surface area contributed by atoms with E-state index in [0.717, 1.165) is 12.8 Å². The second-order valence-corrected chi connectivity index (χ2v) is 6.79. The second kappa shape index (κ2) is 3.57. The summed E-state index contributed by atoms with van der Waals surface area (Å²) < 4.78 is 1.95. The molecule has 0 N–H and O–H groups in total. The highest BCUT2D eigenvalue weighted by molar-refractivity contribution is 5.14. The third-order valence-electron chi connectivity index (χ3n) is 3.67. The Hall–Kier alpha value is -0.860. The van der Waals surface area contributed by atoms with Crippen molar-refractivity contribution >= 4 is 0 Å². The monoisotopic (exact) mass is 221 g/mol. The molecule has 0 unspecified atom stereocenters. The van der Waals surface area contributed by atoms with Crippen LogP contribution in [0.15, 0.2) is 0 Å². The zero-order valence-electron chi connectivity index (χ0n) is 11.2. The summed E-state index contributed by atoms with van der Waals surface area (Å²) in [6.07, 6.45) is 4.65. The molecule has 0 saturated heterocycles. The van der Waals surface area contributed by atoms with Crippen molar-refractivity contribution in [3.63, 3.8) is 0 Å². The number of fused-ring (bicyclic) bond motifs is 1. The van der Waals surface area contributed by atoms with Crippen LogP contribution in [0.2, 0.25) is 0 Å². The number of aryl methyl sites for hydroxylation is 1. The van der Waals surface area contributed by atoms with E-state index in [1.165, 1.54) is 24.2 Å². The molecular formula is C13H23N3. The first-order chi connectivity index (χ1) is 7.29. The van der Waals surface area contributed by atoms with E-state index in [1.807, 2.05) is 11.7 Å². The standard InChI is InChI=1S/C13H23N3/c1-12(2)7-6-11-10(14-15-16(11)5)8-13(3,4)9-12/h6-9H2,1-5H3. The fourth-order valence-corrected chi connectivity index (χ4v) is 3.22. The molecule has 3 heteroatoms. The van der Waals surface area contributed by atoms with E-state index in [4.69, 9.17) is 0 Å². The van der Waals surface area contributed by atoms with Crippen LogP contribution in [0.5, 0.6) is 0 Å². The summed E-state index contributed by atoms with van der Waals surface area (Å²) in [5.41, 5.74) is 3.30. The van der Waals surface area contributed by atoms with Crippen LogP contribution >= 0.6 is 0 Å². The van der Waals surface area contributed by atoms with Gasteiger partial charge in [0.15, 0.2) is 0 Å². The molecule has 0 saturated carbocycles. The van der Waals surface area contributed by atoms with E-state index >= 15 is 0 Å². The fourth-order valence-electron chi connectivity index (χ4n) is 3.22. The van der Waals surface area contributed by atoms with E-state index < -0.39 is 0 Å². The summed E-state index contributed by atoms with van der Waals surface area (Å²) in [6.45, 7) is 9.45. The maximum absolute atomic E-state index is 4.31. The van der Waals surface area contributed by atoms with Crippen molar-refractivity contribution in [2.75, 3.05) is 0 Å². The van der Waals surface area contributed by atoms with E-state index in [2.05, 4.69) is 38.0 Å². The molecule has 0 atom stereocenters. The van der Waals surface area contributed by atoms with Gasteiger partial charge < -0.3 is 0 Å². The molecule has 0 fully saturated rings. The van der Waals surface area contributed by atoms with Gasteiger partial charge in [-0.2, -0.15) is 0 Å². The Morgan fingerprint density at radius 3 is 2.50 bits per heavy atom.